The summed E-state index contributed by atoms with van der Waals surface area (Å²) in [5.41, 5.74) is 2.68. The molecule has 3 aromatic rings. The van der Waals surface area contributed by atoms with Crippen molar-refractivity contribution in [1.82, 2.24) is 4.98 Å². The monoisotopic (exact) mass is 579 g/mol. The van der Waals surface area contributed by atoms with Crippen LogP contribution >= 0.6 is 48.0 Å². The summed E-state index contributed by atoms with van der Waals surface area (Å²) in [4.78, 5) is 4.04. The molecule has 0 aliphatic rings. The number of pyridine rings is 1. The van der Waals surface area contributed by atoms with Gasteiger partial charge in [0.15, 0.2) is 0 Å². The maximum absolute atomic E-state index is 9.51. The molecule has 0 aliphatic carbocycles. The van der Waals surface area contributed by atoms with Gasteiger partial charge in [-0.2, -0.15) is 0 Å². The molecular weight excluding hydrogens is 548 g/mol. The van der Waals surface area contributed by atoms with Gasteiger partial charge in [0.25, 0.3) is 0 Å². The Bertz CT molecular complexity index is 956. The Morgan fingerprint density at radius 1 is 0.735 bits per heavy atom. The first-order valence-corrected chi connectivity index (χ1v) is 11.8. The molecule has 0 aliphatic heterocycles. The number of benzene rings is 2. The van der Waals surface area contributed by atoms with Crippen LogP contribution in [0, 0.1) is 0 Å². The van der Waals surface area contributed by atoms with Gasteiger partial charge in [0, 0.05) is 21.2 Å². The Labute approximate surface area is 237 Å². The van der Waals surface area contributed by atoms with E-state index >= 15 is 0 Å². The molecule has 2 N–H and O–H groups in total. The van der Waals surface area contributed by atoms with Gasteiger partial charge in [0.05, 0.1) is 0 Å². The summed E-state index contributed by atoms with van der Waals surface area (Å²) in [6, 6.07) is 16.1. The fraction of sp³-hybridized carbons (Fsp3) is 0.308. The first kappa shape index (κ1) is 35.1. The normalized spacial score (nSPS) is 10.2. The van der Waals surface area contributed by atoms with Gasteiger partial charge in [0.2, 0.25) is 0 Å². The van der Waals surface area contributed by atoms with Gasteiger partial charge in [0.1, 0.15) is 11.5 Å². The number of phenols is 2. The third-order valence-corrected chi connectivity index (χ3v) is 5.30. The summed E-state index contributed by atoms with van der Waals surface area (Å²) in [7, 11) is 0. The molecule has 0 saturated carbocycles. The Balaban J connectivity index is 0. The van der Waals surface area contributed by atoms with Crippen LogP contribution in [0.25, 0.3) is 0 Å². The molecule has 8 heteroatoms. The van der Waals surface area contributed by atoms with Crippen molar-refractivity contribution in [1.29, 1.82) is 0 Å². The summed E-state index contributed by atoms with van der Waals surface area (Å²) >= 11 is 13.6. The summed E-state index contributed by atoms with van der Waals surface area (Å²) in [6.45, 7) is 12.2. The van der Waals surface area contributed by atoms with Crippen LogP contribution in [0.15, 0.2) is 60.8 Å². The zero-order valence-corrected chi connectivity index (χ0v) is 25.0. The fourth-order valence-corrected chi connectivity index (χ4v) is 3.29. The van der Waals surface area contributed by atoms with E-state index in [9.17, 15) is 10.2 Å². The zero-order valence-electron chi connectivity index (χ0n) is 20.3. The molecule has 186 valence electrons. The van der Waals surface area contributed by atoms with Crippen molar-refractivity contribution < 1.29 is 30.2 Å². The minimum absolute atomic E-state index is 0. The van der Waals surface area contributed by atoms with Crippen molar-refractivity contribution in [2.45, 2.75) is 52.4 Å². The van der Waals surface area contributed by atoms with E-state index in [1.807, 2.05) is 84.0 Å². The molecular formula is C26H33Cl4NO2Ti. The number of hydrogen-bond acceptors (Lipinski definition) is 3. The van der Waals surface area contributed by atoms with Crippen molar-refractivity contribution in [2.24, 2.45) is 0 Å². The Hall–Kier alpha value is -1.07. The molecule has 1 aromatic heterocycles. The minimum atomic E-state index is -0.0605. The first-order chi connectivity index (χ1) is 14.8. The van der Waals surface area contributed by atoms with Crippen LogP contribution < -0.4 is 0 Å². The van der Waals surface area contributed by atoms with E-state index in [0.717, 1.165) is 16.8 Å². The predicted molar refractivity (Wildman–Crippen MR) is 148 cm³/mol. The van der Waals surface area contributed by atoms with Gasteiger partial charge in [-0.05, 0) is 47.2 Å². The second-order valence-corrected chi connectivity index (χ2v) is 10.5. The van der Waals surface area contributed by atoms with Crippen molar-refractivity contribution in [3.63, 3.8) is 0 Å². The van der Waals surface area contributed by atoms with E-state index in [1.54, 1.807) is 42.6 Å². The van der Waals surface area contributed by atoms with Crippen LogP contribution in [-0.2, 0) is 30.8 Å². The number of phenolic OH excluding ortho intramolecular Hbond substituents is 2. The van der Waals surface area contributed by atoms with Crippen LogP contribution in [0.5, 0.6) is 11.5 Å². The van der Waals surface area contributed by atoms with Crippen molar-refractivity contribution in [3.8, 4) is 11.5 Å². The molecule has 0 saturated heterocycles. The van der Waals surface area contributed by atoms with E-state index in [0.29, 0.717) is 21.5 Å². The standard InChI is InChI=1S/2C10H13ClO.C6H5N.2ClH.Ti/c2*1-10(2,3)8-6-7(11)4-5-9(8)12;1-6-4-2-3-5-7-6;;;/h2*4-6,12H,1-3H3;1-5H;2*1H;. The Morgan fingerprint density at radius 2 is 1.15 bits per heavy atom. The van der Waals surface area contributed by atoms with Crippen LogP contribution in [0.3, 0.4) is 0 Å². The topological polar surface area (TPSA) is 53.4 Å². The second-order valence-electron chi connectivity index (χ2n) is 9.22. The summed E-state index contributed by atoms with van der Waals surface area (Å²) in [5.74, 6) is 0.624. The number of halogens is 4. The predicted octanol–water partition coefficient (Wildman–Crippen LogP) is 8.31. The second kappa shape index (κ2) is 15.8. The average Bonchev–Trinajstić information content (AvgIpc) is 2.71. The maximum atomic E-state index is 9.51. The number of nitrogens with zero attached hydrogens (tertiary/aromatic N) is 1. The SMILES string of the molecule is CC(C)(C)c1cc(Cl)ccc1O.CC(C)(C)c1cc(Cl)ccc1O.Cl.Cl.[Ti]=[CH]c1ccccn1. The number of hydrogen-bond donors (Lipinski definition) is 2. The average molecular weight is 581 g/mol. The van der Waals surface area contributed by atoms with E-state index in [2.05, 4.69) is 4.98 Å². The van der Waals surface area contributed by atoms with Gasteiger partial charge in [-0.3, -0.25) is 0 Å². The van der Waals surface area contributed by atoms with E-state index in [1.165, 1.54) is 0 Å². The van der Waals surface area contributed by atoms with Gasteiger partial charge < -0.3 is 10.2 Å². The number of aromatic nitrogens is 1. The third-order valence-electron chi connectivity index (χ3n) is 4.37. The van der Waals surface area contributed by atoms with E-state index < -0.39 is 0 Å². The molecule has 34 heavy (non-hydrogen) atoms. The van der Waals surface area contributed by atoms with Crippen LogP contribution in [0.1, 0.15) is 58.4 Å². The molecule has 0 fully saturated rings. The molecule has 3 nitrogen and oxygen atoms in total. The van der Waals surface area contributed by atoms with Crippen LogP contribution in [0.2, 0.25) is 10.0 Å². The molecule has 1 heterocycles. The van der Waals surface area contributed by atoms with Crippen molar-refractivity contribution in [3.05, 3.63) is 87.7 Å². The Morgan fingerprint density at radius 3 is 1.38 bits per heavy atom. The molecule has 0 amide bonds. The van der Waals surface area contributed by atoms with Gasteiger partial charge in [-0.1, -0.05) is 64.7 Å². The summed E-state index contributed by atoms with van der Waals surface area (Å²) < 4.78 is 1.97. The molecule has 0 atom stereocenters. The fourth-order valence-electron chi connectivity index (χ4n) is 2.68. The van der Waals surface area contributed by atoms with Crippen molar-refractivity contribution in [2.75, 3.05) is 0 Å². The van der Waals surface area contributed by atoms with Crippen LogP contribution in [0.4, 0.5) is 0 Å². The third kappa shape index (κ3) is 12.6. The first-order valence-electron chi connectivity index (χ1n) is 10.1. The quantitative estimate of drug-likeness (QED) is 0.285. The number of aromatic hydroxyl groups is 2. The molecule has 2 aromatic carbocycles. The number of rotatable bonds is 1. The van der Waals surface area contributed by atoms with Crippen LogP contribution in [-0.4, -0.2) is 19.5 Å². The Kier molecular flexibility index (Phi) is 16.3. The summed E-state index contributed by atoms with van der Waals surface area (Å²) in [5, 5.41) is 20.4. The van der Waals surface area contributed by atoms with E-state index in [-0.39, 0.29) is 35.6 Å². The molecule has 0 radical (unpaired) electrons. The van der Waals surface area contributed by atoms with Gasteiger partial charge >= 0.3 is 59.4 Å². The molecule has 0 unspecified atom stereocenters. The van der Waals surface area contributed by atoms with Gasteiger partial charge in [-0.25, -0.2) is 0 Å². The molecule has 0 spiro atoms. The summed E-state index contributed by atoms with van der Waals surface area (Å²) in [6.07, 6.45) is 1.79. The van der Waals surface area contributed by atoms with Gasteiger partial charge in [-0.15, -0.1) is 24.8 Å². The molecule has 3 rings (SSSR count). The van der Waals surface area contributed by atoms with E-state index in [4.69, 9.17) is 23.2 Å². The van der Waals surface area contributed by atoms with Crippen molar-refractivity contribution >= 4 is 52.3 Å². The zero-order chi connectivity index (χ0) is 24.5. The molecule has 0 bridgehead atoms.